The zero-order valence-electron chi connectivity index (χ0n) is 25.7. The number of aryl methyl sites for hydroxylation is 1. The molecule has 1 atom stereocenters. The zero-order chi connectivity index (χ0) is 33.0. The SMILES string of the molecule is Cc1cccc(N2C(=O)CSC2=NC(=O)NCCC(C)c2ccc(-c3ncn(-c4ccc(OC(F)(F)F)cc4)n3)cc2)c1C(C)C. The summed E-state index contributed by atoms with van der Waals surface area (Å²) in [6.45, 7) is 8.63. The summed E-state index contributed by atoms with van der Waals surface area (Å²) in [5, 5.41) is 7.67. The molecule has 46 heavy (non-hydrogen) atoms. The molecule has 1 aromatic heterocycles. The first-order valence-corrected chi connectivity index (χ1v) is 15.7. The highest BCUT2D eigenvalue weighted by Crippen LogP contribution is 2.35. The highest BCUT2D eigenvalue weighted by atomic mass is 32.2. The molecular weight excluding hydrogens is 617 g/mol. The Labute approximate surface area is 268 Å². The van der Waals surface area contributed by atoms with E-state index in [0.29, 0.717) is 29.6 Å². The lowest BCUT2D eigenvalue weighted by Gasteiger charge is -2.23. The van der Waals surface area contributed by atoms with Crippen molar-refractivity contribution in [3.63, 3.8) is 0 Å². The number of hydrogen-bond acceptors (Lipinski definition) is 6. The fourth-order valence-corrected chi connectivity index (χ4v) is 6.12. The fraction of sp³-hybridized carbons (Fsp3) is 0.303. The Morgan fingerprint density at radius 3 is 2.46 bits per heavy atom. The average Bonchev–Trinajstić information content (AvgIpc) is 3.63. The molecule has 0 aliphatic carbocycles. The van der Waals surface area contributed by atoms with E-state index in [1.807, 2.05) is 49.4 Å². The van der Waals surface area contributed by atoms with E-state index >= 15 is 0 Å². The smallest absolute Gasteiger partial charge is 0.406 e. The number of alkyl halides is 3. The van der Waals surface area contributed by atoms with Crippen molar-refractivity contribution in [1.29, 1.82) is 0 Å². The maximum absolute atomic E-state index is 12.8. The summed E-state index contributed by atoms with van der Waals surface area (Å²) in [5.41, 5.74) is 5.28. The number of urea groups is 1. The molecule has 0 radical (unpaired) electrons. The summed E-state index contributed by atoms with van der Waals surface area (Å²) in [4.78, 5) is 35.7. The number of rotatable bonds is 9. The molecule has 2 heterocycles. The summed E-state index contributed by atoms with van der Waals surface area (Å²) in [7, 11) is 0. The highest BCUT2D eigenvalue weighted by molar-refractivity contribution is 8.15. The van der Waals surface area contributed by atoms with Crippen molar-refractivity contribution in [2.24, 2.45) is 4.99 Å². The number of nitrogens with one attached hydrogen (secondary N) is 1. The number of nitrogens with zero attached hydrogens (tertiary/aromatic N) is 5. The van der Waals surface area contributed by atoms with Crippen molar-refractivity contribution in [3.8, 4) is 22.8 Å². The van der Waals surface area contributed by atoms with Gasteiger partial charge in [0.2, 0.25) is 5.91 Å². The first-order chi connectivity index (χ1) is 21.9. The molecule has 1 saturated heterocycles. The monoisotopic (exact) mass is 650 g/mol. The van der Waals surface area contributed by atoms with Crippen LogP contribution in [0.3, 0.4) is 0 Å². The summed E-state index contributed by atoms with van der Waals surface area (Å²) in [5.74, 6) is 0.605. The van der Waals surface area contributed by atoms with Gasteiger partial charge in [-0.15, -0.1) is 18.3 Å². The second-order valence-corrected chi connectivity index (χ2v) is 12.1. The van der Waals surface area contributed by atoms with Crippen molar-refractivity contribution in [2.75, 3.05) is 17.2 Å². The largest absolute Gasteiger partial charge is 0.573 e. The van der Waals surface area contributed by atoms with Crippen LogP contribution in [-0.4, -0.2) is 50.5 Å². The molecule has 1 aliphatic heterocycles. The second-order valence-electron chi connectivity index (χ2n) is 11.2. The summed E-state index contributed by atoms with van der Waals surface area (Å²) < 4.78 is 42.7. The molecule has 1 fully saturated rings. The quantitative estimate of drug-likeness (QED) is 0.200. The summed E-state index contributed by atoms with van der Waals surface area (Å²) in [6, 6.07) is 18.4. The Kier molecular flexibility index (Phi) is 9.80. The third-order valence-corrected chi connectivity index (χ3v) is 8.42. The third kappa shape index (κ3) is 7.76. The van der Waals surface area contributed by atoms with Crippen molar-refractivity contribution >= 4 is 34.6 Å². The lowest BCUT2D eigenvalue weighted by atomic mass is 9.95. The Morgan fingerprint density at radius 1 is 1.07 bits per heavy atom. The number of amidine groups is 1. The van der Waals surface area contributed by atoms with Gasteiger partial charge in [-0.1, -0.05) is 68.9 Å². The minimum atomic E-state index is -4.76. The van der Waals surface area contributed by atoms with Crippen LogP contribution in [0, 0.1) is 6.92 Å². The number of halogens is 3. The van der Waals surface area contributed by atoms with Gasteiger partial charge in [0.25, 0.3) is 0 Å². The number of aliphatic imine (C=N–C) groups is 1. The van der Waals surface area contributed by atoms with E-state index in [1.165, 1.54) is 47.0 Å². The fourth-order valence-electron chi connectivity index (χ4n) is 5.26. The van der Waals surface area contributed by atoms with Crippen molar-refractivity contribution in [3.05, 3.63) is 89.7 Å². The molecule has 3 aromatic carbocycles. The van der Waals surface area contributed by atoms with Gasteiger partial charge >= 0.3 is 12.4 Å². The van der Waals surface area contributed by atoms with E-state index in [1.54, 1.807) is 4.90 Å². The number of anilines is 1. The molecule has 13 heteroatoms. The van der Waals surface area contributed by atoms with Crippen LogP contribution in [-0.2, 0) is 4.79 Å². The van der Waals surface area contributed by atoms with Crippen LogP contribution in [0.15, 0.2) is 78.0 Å². The standard InChI is InChI=1S/C33H33F3N6O3S/c1-20(2)29-22(4)6-5-7-27(29)42-28(43)18-46-32(42)39-31(44)37-17-16-21(3)23-8-10-24(11-9-23)30-38-19-41(40-30)25-12-14-26(15-13-25)45-33(34,35)36/h5-15,19-21H,16-18H2,1-4H3,(H,37,44). The lowest BCUT2D eigenvalue weighted by molar-refractivity contribution is -0.274. The molecule has 3 amide bonds. The molecule has 240 valence electrons. The molecule has 1 N–H and O–H groups in total. The number of thioether (sulfide) groups is 1. The van der Waals surface area contributed by atoms with E-state index in [9.17, 15) is 22.8 Å². The summed E-state index contributed by atoms with van der Waals surface area (Å²) in [6.07, 6.45) is -2.60. The van der Waals surface area contributed by atoms with Gasteiger partial charge in [-0.3, -0.25) is 9.69 Å². The Bertz CT molecular complexity index is 1740. The minimum Gasteiger partial charge on any atom is -0.406 e. The number of amides is 3. The van der Waals surface area contributed by atoms with E-state index in [-0.39, 0.29) is 29.2 Å². The minimum absolute atomic E-state index is 0.100. The van der Waals surface area contributed by atoms with Gasteiger partial charge in [-0.05, 0) is 72.2 Å². The van der Waals surface area contributed by atoms with Crippen LogP contribution < -0.4 is 15.0 Å². The Hall–Kier alpha value is -4.65. The maximum atomic E-state index is 12.8. The van der Waals surface area contributed by atoms with Gasteiger partial charge < -0.3 is 10.1 Å². The first-order valence-electron chi connectivity index (χ1n) is 14.7. The molecule has 4 aromatic rings. The van der Waals surface area contributed by atoms with Gasteiger partial charge in [0, 0.05) is 12.1 Å². The van der Waals surface area contributed by atoms with Crippen LogP contribution in [0.1, 0.15) is 55.7 Å². The Morgan fingerprint density at radius 2 is 1.78 bits per heavy atom. The lowest BCUT2D eigenvalue weighted by Crippen LogP contribution is -2.32. The maximum Gasteiger partial charge on any atom is 0.573 e. The van der Waals surface area contributed by atoms with E-state index in [2.05, 4.69) is 45.9 Å². The van der Waals surface area contributed by atoms with Crippen LogP contribution in [0.4, 0.5) is 23.7 Å². The number of hydrogen-bond donors (Lipinski definition) is 1. The molecule has 1 unspecified atom stereocenters. The normalized spacial score (nSPS) is 15.1. The second kappa shape index (κ2) is 13.8. The predicted octanol–water partition coefficient (Wildman–Crippen LogP) is 7.60. The van der Waals surface area contributed by atoms with Gasteiger partial charge in [-0.25, -0.2) is 14.5 Å². The number of carbonyl (C=O) groups excluding carboxylic acids is 2. The number of ether oxygens (including phenoxy) is 1. The van der Waals surface area contributed by atoms with Crippen LogP contribution in [0.5, 0.6) is 5.75 Å². The predicted molar refractivity (Wildman–Crippen MR) is 173 cm³/mol. The number of carbonyl (C=O) groups is 2. The summed E-state index contributed by atoms with van der Waals surface area (Å²) >= 11 is 1.26. The van der Waals surface area contributed by atoms with Crippen molar-refractivity contribution < 1.29 is 27.5 Å². The highest BCUT2D eigenvalue weighted by Gasteiger charge is 2.33. The van der Waals surface area contributed by atoms with E-state index in [4.69, 9.17) is 0 Å². The molecule has 5 rings (SSSR count). The van der Waals surface area contributed by atoms with E-state index in [0.717, 1.165) is 27.9 Å². The van der Waals surface area contributed by atoms with Gasteiger partial charge in [0.15, 0.2) is 11.0 Å². The first kappa shape index (κ1) is 32.7. The third-order valence-electron chi connectivity index (χ3n) is 7.50. The molecular formula is C33H33F3N6O3S. The van der Waals surface area contributed by atoms with Crippen LogP contribution in [0.25, 0.3) is 17.1 Å². The van der Waals surface area contributed by atoms with Crippen LogP contribution >= 0.6 is 11.8 Å². The topological polar surface area (TPSA) is 102 Å². The number of aromatic nitrogens is 3. The van der Waals surface area contributed by atoms with Crippen molar-refractivity contribution in [1.82, 2.24) is 20.1 Å². The Balaban J connectivity index is 1.16. The number of benzene rings is 3. The average molecular weight is 651 g/mol. The molecule has 0 saturated carbocycles. The molecule has 0 spiro atoms. The van der Waals surface area contributed by atoms with Gasteiger partial charge in [-0.2, -0.15) is 4.99 Å². The molecule has 0 bridgehead atoms. The van der Waals surface area contributed by atoms with Crippen LogP contribution in [0.2, 0.25) is 0 Å². The van der Waals surface area contributed by atoms with Gasteiger partial charge in [0.05, 0.1) is 17.1 Å². The zero-order valence-corrected chi connectivity index (χ0v) is 26.5. The molecule has 1 aliphatic rings. The van der Waals surface area contributed by atoms with Gasteiger partial charge in [0.1, 0.15) is 12.1 Å². The van der Waals surface area contributed by atoms with E-state index < -0.39 is 12.4 Å². The molecule has 9 nitrogen and oxygen atoms in total. The van der Waals surface area contributed by atoms with Crippen molar-refractivity contribution in [2.45, 2.75) is 52.3 Å².